The van der Waals surface area contributed by atoms with E-state index >= 15 is 0 Å². The molecule has 9 nitrogen and oxygen atoms in total. The highest BCUT2D eigenvalue weighted by Gasteiger charge is 2.41. The fourth-order valence-electron chi connectivity index (χ4n) is 7.58. The highest BCUT2D eigenvalue weighted by Crippen LogP contribution is 2.43. The summed E-state index contributed by atoms with van der Waals surface area (Å²) in [7, 11) is 0. The second kappa shape index (κ2) is 16.9. The van der Waals surface area contributed by atoms with Gasteiger partial charge in [0.2, 0.25) is 5.91 Å². The van der Waals surface area contributed by atoms with Gasteiger partial charge in [-0.3, -0.25) is 14.5 Å². The Morgan fingerprint density at radius 3 is 2.35 bits per heavy atom. The van der Waals surface area contributed by atoms with Gasteiger partial charge in [0, 0.05) is 50.0 Å². The maximum atomic E-state index is 12.2. The van der Waals surface area contributed by atoms with E-state index in [9.17, 15) is 14.7 Å². The third kappa shape index (κ3) is 9.35. The molecule has 9 heteroatoms. The molecule has 262 valence electrons. The lowest BCUT2D eigenvalue weighted by atomic mass is 9.89. The first kappa shape index (κ1) is 35.2. The lowest BCUT2D eigenvalue weighted by Gasteiger charge is -2.43. The molecule has 3 saturated heterocycles. The predicted octanol–water partition coefficient (Wildman–Crippen LogP) is 6.07. The van der Waals surface area contributed by atoms with E-state index in [4.69, 9.17) is 14.6 Å². The van der Waals surface area contributed by atoms with E-state index in [0.717, 1.165) is 53.0 Å². The van der Waals surface area contributed by atoms with E-state index < -0.39 is 12.3 Å². The van der Waals surface area contributed by atoms with Crippen LogP contribution in [0.4, 0.5) is 0 Å². The van der Waals surface area contributed by atoms with Crippen molar-refractivity contribution in [3.05, 3.63) is 95.1 Å². The van der Waals surface area contributed by atoms with Crippen LogP contribution in [-0.2, 0) is 32.2 Å². The molecule has 0 aliphatic carbocycles. The number of nitrogens with one attached hydrogen (secondary N) is 1. The van der Waals surface area contributed by atoms with Crippen molar-refractivity contribution in [1.82, 2.24) is 15.1 Å². The van der Waals surface area contributed by atoms with Gasteiger partial charge in [0.25, 0.3) is 0 Å². The van der Waals surface area contributed by atoms with Gasteiger partial charge in [-0.2, -0.15) is 0 Å². The number of carboxylic acid groups (broad SMARTS) is 1. The van der Waals surface area contributed by atoms with Gasteiger partial charge < -0.3 is 29.9 Å². The number of carbonyl (C=O) groups excluding carboxylic acids is 1. The number of hydrogen-bond donors (Lipinski definition) is 3. The first-order chi connectivity index (χ1) is 23.9. The number of aliphatic carboxylic acids is 1. The molecule has 0 spiro atoms. The Kier molecular flexibility index (Phi) is 12.1. The Morgan fingerprint density at radius 2 is 1.59 bits per heavy atom. The van der Waals surface area contributed by atoms with Gasteiger partial charge in [-0.1, -0.05) is 67.6 Å². The molecule has 3 aliphatic rings. The average molecular weight is 670 g/mol. The largest absolute Gasteiger partial charge is 0.481 e. The van der Waals surface area contributed by atoms with Crippen LogP contribution >= 0.6 is 0 Å². The Balaban J connectivity index is 1.19. The van der Waals surface area contributed by atoms with Crippen LogP contribution in [0.3, 0.4) is 0 Å². The van der Waals surface area contributed by atoms with Gasteiger partial charge in [-0.25, -0.2) is 0 Å². The highest BCUT2D eigenvalue weighted by atomic mass is 16.7. The van der Waals surface area contributed by atoms with E-state index in [1.165, 1.54) is 38.8 Å². The second-order valence-electron chi connectivity index (χ2n) is 14.0. The molecule has 5 atom stereocenters. The minimum atomic E-state index is -0.892. The van der Waals surface area contributed by atoms with E-state index in [1.807, 2.05) is 30.3 Å². The van der Waals surface area contributed by atoms with Crippen molar-refractivity contribution < 1.29 is 29.3 Å². The quantitative estimate of drug-likeness (QED) is 0.190. The number of aliphatic hydroxyl groups excluding tert-OH is 1. The zero-order chi connectivity index (χ0) is 34.2. The van der Waals surface area contributed by atoms with Gasteiger partial charge in [0.15, 0.2) is 6.29 Å². The maximum Gasteiger partial charge on any atom is 0.303 e. The Morgan fingerprint density at radius 1 is 0.837 bits per heavy atom. The molecule has 0 unspecified atom stereocenters. The van der Waals surface area contributed by atoms with Gasteiger partial charge in [0.1, 0.15) is 0 Å². The van der Waals surface area contributed by atoms with Gasteiger partial charge >= 0.3 is 5.97 Å². The number of nitrogens with zero attached hydrogens (tertiary/aromatic N) is 2. The number of carbonyl (C=O) groups is 2. The summed E-state index contributed by atoms with van der Waals surface area (Å²) in [6.45, 7) is 8.16. The molecule has 3 heterocycles. The van der Waals surface area contributed by atoms with Crippen molar-refractivity contribution in [2.24, 2.45) is 5.92 Å². The summed E-state index contributed by atoms with van der Waals surface area (Å²) < 4.78 is 13.7. The number of rotatable bonds is 14. The van der Waals surface area contributed by atoms with Crippen LogP contribution in [0.15, 0.2) is 72.8 Å². The van der Waals surface area contributed by atoms with Crippen molar-refractivity contribution in [2.45, 2.75) is 89.6 Å². The first-order valence-electron chi connectivity index (χ1n) is 18.0. The Bertz CT molecular complexity index is 1540. The summed E-state index contributed by atoms with van der Waals surface area (Å²) in [5, 5.41) is 21.4. The van der Waals surface area contributed by atoms with Crippen LogP contribution in [0.5, 0.6) is 0 Å². The van der Waals surface area contributed by atoms with E-state index in [2.05, 4.69) is 64.5 Å². The van der Waals surface area contributed by atoms with Crippen molar-refractivity contribution in [3.8, 4) is 11.1 Å². The van der Waals surface area contributed by atoms with Crippen LogP contribution in [-0.4, -0.2) is 76.8 Å². The minimum Gasteiger partial charge on any atom is -0.481 e. The summed E-state index contributed by atoms with van der Waals surface area (Å²) in [5.74, 6) is -0.915. The molecular formula is C40H51N3O6. The van der Waals surface area contributed by atoms with Gasteiger partial charge in [-0.15, -0.1) is 0 Å². The van der Waals surface area contributed by atoms with Crippen molar-refractivity contribution in [1.29, 1.82) is 0 Å². The van der Waals surface area contributed by atoms with E-state index in [-0.39, 0.29) is 43.5 Å². The predicted molar refractivity (Wildman–Crippen MR) is 188 cm³/mol. The molecule has 49 heavy (non-hydrogen) atoms. The molecule has 0 aromatic heterocycles. The zero-order valence-corrected chi connectivity index (χ0v) is 28.6. The van der Waals surface area contributed by atoms with Gasteiger partial charge in [0.05, 0.1) is 18.8 Å². The smallest absolute Gasteiger partial charge is 0.303 e. The minimum absolute atomic E-state index is 0.0102. The van der Waals surface area contributed by atoms with Crippen LogP contribution in [0.2, 0.25) is 0 Å². The van der Waals surface area contributed by atoms with Crippen LogP contribution in [0.1, 0.15) is 86.5 Å². The lowest BCUT2D eigenvalue weighted by molar-refractivity contribution is -0.276. The summed E-state index contributed by atoms with van der Waals surface area (Å²) in [6, 6.07) is 25.1. The fraction of sp³-hybridized carbons (Fsp3) is 0.500. The molecule has 6 rings (SSSR count). The molecule has 3 N–H and O–H groups in total. The summed E-state index contributed by atoms with van der Waals surface area (Å²) >= 11 is 0. The standard InChI is InChI=1S/C40H51N3O6/c1-28-36(26-43-21-7-12-35(43)25-42-19-2-3-20-42)48-40(49-39(28)31-17-15-29(27-44)16-18-31)34-11-5-10-33(23-34)32-9-4-8-30(22-32)24-41-37(45)13-6-14-38(46)47/h4-5,8-11,15-18,22-23,28,35-36,39-40,44H,2-3,6-7,12-14,19-21,24-27H2,1H3,(H,41,45)(H,46,47)/t28-,35-,36+,39+,40+/m0/s1. The van der Waals surface area contributed by atoms with E-state index in [0.29, 0.717) is 19.0 Å². The molecule has 3 aliphatic heterocycles. The van der Waals surface area contributed by atoms with Crippen LogP contribution < -0.4 is 5.32 Å². The Labute approximate surface area is 290 Å². The number of benzene rings is 3. The number of amides is 1. The number of likely N-dealkylation sites (tertiary alicyclic amines) is 2. The average Bonchev–Trinajstić information content (AvgIpc) is 3.81. The fourth-order valence-corrected chi connectivity index (χ4v) is 7.58. The van der Waals surface area contributed by atoms with Crippen molar-refractivity contribution >= 4 is 11.9 Å². The molecule has 3 aromatic carbocycles. The zero-order valence-electron chi connectivity index (χ0n) is 28.6. The van der Waals surface area contributed by atoms with Crippen molar-refractivity contribution in [3.63, 3.8) is 0 Å². The molecule has 1 amide bonds. The third-order valence-corrected chi connectivity index (χ3v) is 10.4. The number of aliphatic hydroxyl groups is 1. The molecule has 0 radical (unpaired) electrons. The molecular weight excluding hydrogens is 618 g/mol. The Hall–Kier alpha value is -3.60. The maximum absolute atomic E-state index is 12.2. The summed E-state index contributed by atoms with van der Waals surface area (Å²) in [6.07, 6.45) is 4.85. The molecule has 3 fully saturated rings. The summed E-state index contributed by atoms with van der Waals surface area (Å²) in [5.41, 5.74) is 5.95. The van der Waals surface area contributed by atoms with Crippen LogP contribution in [0.25, 0.3) is 11.1 Å². The van der Waals surface area contributed by atoms with Crippen molar-refractivity contribution in [2.75, 3.05) is 32.7 Å². The van der Waals surface area contributed by atoms with E-state index in [1.54, 1.807) is 0 Å². The molecule has 0 saturated carbocycles. The normalized spacial score (nSPS) is 24.7. The molecule has 3 aromatic rings. The van der Waals surface area contributed by atoms with Crippen LogP contribution in [0, 0.1) is 5.92 Å². The first-order valence-corrected chi connectivity index (χ1v) is 18.0. The number of carboxylic acids is 1. The highest BCUT2D eigenvalue weighted by molar-refractivity contribution is 5.76. The second-order valence-corrected chi connectivity index (χ2v) is 14.0. The summed E-state index contributed by atoms with van der Waals surface area (Å²) in [4.78, 5) is 28.3. The lowest BCUT2D eigenvalue weighted by Crippen LogP contribution is -2.48. The molecule has 0 bridgehead atoms. The third-order valence-electron chi connectivity index (χ3n) is 10.4. The topological polar surface area (TPSA) is 112 Å². The number of hydrogen-bond acceptors (Lipinski definition) is 7. The SMILES string of the molecule is C[C@H]1[C@@H](CN2CCC[C@H]2CN2CCCC2)O[C@@H](c2cccc(-c3cccc(CNC(=O)CCCC(=O)O)c3)c2)O[C@H]1c1ccc(CO)cc1. The number of ether oxygens (including phenoxy) is 2. The van der Waals surface area contributed by atoms with Gasteiger partial charge in [-0.05, 0) is 91.7 Å². The monoisotopic (exact) mass is 669 g/mol.